The van der Waals surface area contributed by atoms with Crippen molar-refractivity contribution in [1.82, 2.24) is 20.0 Å². The summed E-state index contributed by atoms with van der Waals surface area (Å²) in [5, 5.41) is 6.98. The second-order valence-electron chi connectivity index (χ2n) is 6.59. The molecule has 1 N–H and O–H groups in total. The molecule has 1 aromatic heterocycles. The van der Waals surface area contributed by atoms with Crippen LogP contribution in [0.25, 0.3) is 16.9 Å². The van der Waals surface area contributed by atoms with Gasteiger partial charge in [0.2, 0.25) is 5.91 Å². The van der Waals surface area contributed by atoms with Crippen LogP contribution in [-0.4, -0.2) is 46.9 Å². The molecule has 7 nitrogen and oxygen atoms in total. The molecule has 0 spiro atoms. The molecule has 2 amide bonds. The number of likely N-dealkylation sites (N-methyl/N-ethyl adjacent to an activating group) is 1. The van der Waals surface area contributed by atoms with Crippen LogP contribution in [0.15, 0.2) is 66.9 Å². The number of benzene rings is 2. The molecule has 0 aliphatic heterocycles. The van der Waals surface area contributed by atoms with Crippen molar-refractivity contribution in [2.75, 3.05) is 20.2 Å². The molecule has 1 heterocycles. The normalized spacial score (nSPS) is 10.7. The summed E-state index contributed by atoms with van der Waals surface area (Å²) in [5.41, 5.74) is 3.79. The highest BCUT2D eigenvalue weighted by Gasteiger charge is 2.16. The summed E-state index contributed by atoms with van der Waals surface area (Å²) >= 11 is 0. The van der Waals surface area contributed by atoms with Gasteiger partial charge in [-0.2, -0.15) is 5.10 Å². The zero-order valence-electron chi connectivity index (χ0n) is 16.5. The molecule has 0 saturated carbocycles. The monoisotopic (exact) mass is 392 g/mol. The topological polar surface area (TPSA) is 76.5 Å². The number of hydrogen-bond acceptors (Lipinski definition) is 5. The molecular formula is C22H24N4O3. The molecule has 0 fully saturated rings. The molecule has 0 aliphatic rings. The van der Waals surface area contributed by atoms with Crippen molar-refractivity contribution < 1.29 is 14.3 Å². The Hall–Kier alpha value is -3.45. The predicted octanol–water partition coefficient (Wildman–Crippen LogP) is 3.24. The first-order chi connectivity index (χ1) is 14.1. The molecule has 0 radical (unpaired) electrons. The van der Waals surface area contributed by atoms with Crippen molar-refractivity contribution in [3.05, 3.63) is 72.4 Å². The van der Waals surface area contributed by atoms with E-state index in [0.29, 0.717) is 6.54 Å². The lowest BCUT2D eigenvalue weighted by Gasteiger charge is -2.15. The van der Waals surface area contributed by atoms with E-state index in [9.17, 15) is 9.59 Å². The van der Waals surface area contributed by atoms with Crippen molar-refractivity contribution in [3.8, 4) is 16.9 Å². The number of nitrogens with zero attached hydrogens (tertiary/aromatic N) is 3. The fraction of sp³-hybridized carbons (Fsp3) is 0.227. The fourth-order valence-electron chi connectivity index (χ4n) is 2.99. The predicted molar refractivity (Wildman–Crippen MR) is 110 cm³/mol. The maximum absolute atomic E-state index is 12.0. The van der Waals surface area contributed by atoms with Gasteiger partial charge in [0.1, 0.15) is 0 Å². The van der Waals surface area contributed by atoms with Crippen LogP contribution in [-0.2, 0) is 16.1 Å². The number of carbonyl (C=O) groups is 2. The van der Waals surface area contributed by atoms with Crippen LogP contribution in [0.4, 0.5) is 4.79 Å². The first-order valence-electron chi connectivity index (χ1n) is 9.41. The zero-order valence-corrected chi connectivity index (χ0v) is 16.5. The quantitative estimate of drug-likeness (QED) is 0.668. The van der Waals surface area contributed by atoms with E-state index in [1.165, 1.54) is 0 Å². The van der Waals surface area contributed by atoms with Gasteiger partial charge < -0.3 is 4.74 Å². The Kier molecular flexibility index (Phi) is 6.76. The van der Waals surface area contributed by atoms with E-state index >= 15 is 0 Å². The maximum Gasteiger partial charge on any atom is 0.413 e. The van der Waals surface area contributed by atoms with Crippen molar-refractivity contribution in [2.24, 2.45) is 0 Å². The number of rotatable bonds is 7. The minimum atomic E-state index is -0.729. The van der Waals surface area contributed by atoms with Gasteiger partial charge >= 0.3 is 6.09 Å². The summed E-state index contributed by atoms with van der Waals surface area (Å²) in [6.07, 6.45) is 1.24. The molecule has 2 aromatic carbocycles. The summed E-state index contributed by atoms with van der Waals surface area (Å²) in [6, 6.07) is 19.8. The van der Waals surface area contributed by atoms with Crippen LogP contribution in [0.2, 0.25) is 0 Å². The maximum atomic E-state index is 12.0. The number of nitrogens with one attached hydrogen (secondary N) is 1. The first-order valence-corrected chi connectivity index (χ1v) is 9.41. The Morgan fingerprint density at radius 1 is 1.07 bits per heavy atom. The number of hydrogen-bond donors (Lipinski definition) is 1. The number of imide groups is 1. The number of aromatic nitrogens is 2. The van der Waals surface area contributed by atoms with E-state index in [4.69, 9.17) is 9.84 Å². The second-order valence-corrected chi connectivity index (χ2v) is 6.59. The highest BCUT2D eigenvalue weighted by Crippen LogP contribution is 2.24. The smallest absolute Gasteiger partial charge is 0.413 e. The van der Waals surface area contributed by atoms with Crippen molar-refractivity contribution in [1.29, 1.82) is 0 Å². The van der Waals surface area contributed by atoms with Gasteiger partial charge in [0.15, 0.2) is 0 Å². The van der Waals surface area contributed by atoms with Crippen molar-refractivity contribution >= 4 is 12.0 Å². The van der Waals surface area contributed by atoms with E-state index in [1.54, 1.807) is 6.92 Å². The van der Waals surface area contributed by atoms with Gasteiger partial charge in [0.05, 0.1) is 24.5 Å². The Morgan fingerprint density at radius 3 is 2.38 bits per heavy atom. The van der Waals surface area contributed by atoms with E-state index in [-0.39, 0.29) is 13.2 Å². The number of para-hydroxylation sites is 1. The van der Waals surface area contributed by atoms with Crippen LogP contribution in [0.1, 0.15) is 12.5 Å². The van der Waals surface area contributed by atoms with Crippen LogP contribution < -0.4 is 5.32 Å². The van der Waals surface area contributed by atoms with Gasteiger partial charge in [-0.1, -0.05) is 48.5 Å². The average molecular weight is 392 g/mol. The van der Waals surface area contributed by atoms with Gasteiger partial charge in [0.25, 0.3) is 0 Å². The van der Waals surface area contributed by atoms with Gasteiger partial charge in [-0.3, -0.25) is 15.0 Å². The molecular weight excluding hydrogens is 368 g/mol. The summed E-state index contributed by atoms with van der Waals surface area (Å²) in [6.45, 7) is 2.45. The van der Waals surface area contributed by atoms with Gasteiger partial charge in [-0.25, -0.2) is 9.48 Å². The van der Waals surface area contributed by atoms with E-state index in [0.717, 1.165) is 22.5 Å². The van der Waals surface area contributed by atoms with Crippen LogP contribution in [0, 0.1) is 0 Å². The van der Waals surface area contributed by atoms with Crippen LogP contribution >= 0.6 is 0 Å². The summed E-state index contributed by atoms with van der Waals surface area (Å²) < 4.78 is 6.58. The van der Waals surface area contributed by atoms with Crippen LogP contribution in [0.5, 0.6) is 0 Å². The largest absolute Gasteiger partial charge is 0.450 e. The lowest BCUT2D eigenvalue weighted by atomic mass is 10.1. The Balaban J connectivity index is 1.79. The highest BCUT2D eigenvalue weighted by atomic mass is 16.5. The second kappa shape index (κ2) is 9.66. The first kappa shape index (κ1) is 20.3. The molecule has 0 bridgehead atoms. The molecule has 0 atom stereocenters. The molecule has 7 heteroatoms. The van der Waals surface area contributed by atoms with Crippen molar-refractivity contribution in [2.45, 2.75) is 13.5 Å². The standard InChI is InChI=1S/C22H24N4O3/c1-3-29-22(28)23-20(27)16-25(2)14-18-15-26(19-12-8-5-9-13-19)24-21(18)17-10-6-4-7-11-17/h4-13,15H,3,14,16H2,1-2H3,(H,23,27,28). The summed E-state index contributed by atoms with van der Waals surface area (Å²) in [7, 11) is 1.82. The summed E-state index contributed by atoms with van der Waals surface area (Å²) in [4.78, 5) is 25.3. The lowest BCUT2D eigenvalue weighted by Crippen LogP contribution is -2.38. The average Bonchev–Trinajstić information content (AvgIpc) is 3.13. The molecule has 0 unspecified atom stereocenters. The lowest BCUT2D eigenvalue weighted by molar-refractivity contribution is -0.121. The van der Waals surface area contributed by atoms with E-state index in [1.807, 2.05) is 83.5 Å². The Bertz CT molecular complexity index is 955. The third kappa shape index (κ3) is 5.52. The van der Waals surface area contributed by atoms with Crippen LogP contribution in [0.3, 0.4) is 0 Å². The SMILES string of the molecule is CCOC(=O)NC(=O)CN(C)Cc1cn(-c2ccccc2)nc1-c1ccccc1. The van der Waals surface area contributed by atoms with E-state index in [2.05, 4.69) is 5.32 Å². The Labute approximate surface area is 169 Å². The fourth-order valence-corrected chi connectivity index (χ4v) is 2.99. The molecule has 29 heavy (non-hydrogen) atoms. The third-order valence-corrected chi connectivity index (χ3v) is 4.23. The van der Waals surface area contributed by atoms with Gasteiger partial charge in [-0.05, 0) is 26.1 Å². The minimum Gasteiger partial charge on any atom is -0.450 e. The van der Waals surface area contributed by atoms with Gasteiger partial charge in [-0.15, -0.1) is 0 Å². The third-order valence-electron chi connectivity index (χ3n) is 4.23. The number of ether oxygens (including phenoxy) is 1. The molecule has 0 aliphatic carbocycles. The van der Waals surface area contributed by atoms with E-state index < -0.39 is 12.0 Å². The summed E-state index contributed by atoms with van der Waals surface area (Å²) in [5.74, 6) is -0.414. The molecule has 3 aromatic rings. The molecule has 150 valence electrons. The highest BCUT2D eigenvalue weighted by molar-refractivity contribution is 5.92. The Morgan fingerprint density at radius 2 is 1.72 bits per heavy atom. The number of carbonyl (C=O) groups excluding carboxylic acids is 2. The number of alkyl carbamates (subject to hydrolysis) is 1. The number of amides is 2. The van der Waals surface area contributed by atoms with Gasteiger partial charge in [0, 0.05) is 23.9 Å². The van der Waals surface area contributed by atoms with Crippen molar-refractivity contribution in [3.63, 3.8) is 0 Å². The minimum absolute atomic E-state index is 0.0591. The molecule has 0 saturated heterocycles. The zero-order chi connectivity index (χ0) is 20.6. The molecule has 3 rings (SSSR count).